The van der Waals surface area contributed by atoms with E-state index in [0.717, 1.165) is 5.69 Å². The Hall–Kier alpha value is -3.12. The molecule has 2 aromatic carbocycles. The van der Waals surface area contributed by atoms with Gasteiger partial charge in [-0.1, -0.05) is 11.6 Å². The second kappa shape index (κ2) is 7.41. The van der Waals surface area contributed by atoms with E-state index >= 15 is 0 Å². The number of methoxy groups -OCH3 is 1. The van der Waals surface area contributed by atoms with E-state index in [9.17, 15) is 9.59 Å². The van der Waals surface area contributed by atoms with Crippen LogP contribution >= 0.6 is 11.6 Å². The summed E-state index contributed by atoms with van der Waals surface area (Å²) in [5.41, 5.74) is 2.29. The van der Waals surface area contributed by atoms with Crippen LogP contribution in [0, 0.1) is 6.92 Å². The first-order valence-corrected chi connectivity index (χ1v) is 8.16. The predicted molar refractivity (Wildman–Crippen MR) is 99.3 cm³/mol. The van der Waals surface area contributed by atoms with Crippen LogP contribution in [0.2, 0.25) is 5.02 Å². The van der Waals surface area contributed by atoms with E-state index in [1.807, 2.05) is 13.1 Å². The van der Waals surface area contributed by atoms with E-state index in [1.54, 1.807) is 48.3 Å². The average molecular weight is 370 g/mol. The maximum absolute atomic E-state index is 12.3. The monoisotopic (exact) mass is 369 g/mol. The van der Waals surface area contributed by atoms with Crippen molar-refractivity contribution in [3.63, 3.8) is 0 Å². The fraction of sp³-hybridized carbons (Fsp3) is 0.105. The van der Waals surface area contributed by atoms with Crippen molar-refractivity contribution in [2.24, 2.45) is 0 Å². The molecule has 0 aliphatic heterocycles. The smallest absolute Gasteiger partial charge is 0.296 e. The molecule has 7 heteroatoms. The lowest BCUT2D eigenvalue weighted by atomic mass is 10.1. The lowest BCUT2D eigenvalue weighted by Gasteiger charge is -2.12. The van der Waals surface area contributed by atoms with Crippen LogP contribution in [-0.4, -0.2) is 28.4 Å². The van der Waals surface area contributed by atoms with Crippen molar-refractivity contribution >= 4 is 29.0 Å². The van der Waals surface area contributed by atoms with Crippen LogP contribution in [0.1, 0.15) is 16.1 Å². The molecule has 1 amide bonds. The number of aromatic nitrogens is 2. The number of carbonyl (C=O) groups is 2. The third-order valence-electron chi connectivity index (χ3n) is 3.74. The average Bonchev–Trinajstić information content (AvgIpc) is 3.08. The number of nitrogens with zero attached hydrogens (tertiary/aromatic N) is 2. The molecule has 0 fully saturated rings. The lowest BCUT2D eigenvalue weighted by molar-refractivity contribution is -0.112. The summed E-state index contributed by atoms with van der Waals surface area (Å²) in [5, 5.41) is 3.11. The molecular formula is C19H16ClN3O3. The van der Waals surface area contributed by atoms with E-state index < -0.39 is 11.7 Å². The van der Waals surface area contributed by atoms with Gasteiger partial charge in [0, 0.05) is 22.5 Å². The first-order valence-electron chi connectivity index (χ1n) is 7.78. The molecule has 0 radical (unpaired) electrons. The topological polar surface area (TPSA) is 73.2 Å². The Bertz CT molecular complexity index is 964. The number of hydrogen-bond donors (Lipinski definition) is 1. The van der Waals surface area contributed by atoms with Gasteiger partial charge in [0.05, 0.1) is 24.8 Å². The van der Waals surface area contributed by atoms with Crippen molar-refractivity contribution in [3.05, 3.63) is 71.3 Å². The van der Waals surface area contributed by atoms with Gasteiger partial charge in [0.1, 0.15) is 5.75 Å². The van der Waals surface area contributed by atoms with Gasteiger partial charge in [-0.25, -0.2) is 4.98 Å². The predicted octanol–water partition coefficient (Wildman–Crippen LogP) is 3.66. The van der Waals surface area contributed by atoms with Gasteiger partial charge in [-0.05, 0) is 49.4 Å². The largest absolute Gasteiger partial charge is 0.495 e. The van der Waals surface area contributed by atoms with Gasteiger partial charge in [-0.2, -0.15) is 0 Å². The van der Waals surface area contributed by atoms with Crippen molar-refractivity contribution in [1.29, 1.82) is 0 Å². The summed E-state index contributed by atoms with van der Waals surface area (Å²) in [6, 6.07) is 11.2. The molecule has 1 aromatic heterocycles. The van der Waals surface area contributed by atoms with Crippen LogP contribution in [0.3, 0.4) is 0 Å². The van der Waals surface area contributed by atoms with Crippen molar-refractivity contribution < 1.29 is 14.3 Å². The first-order chi connectivity index (χ1) is 12.5. The minimum absolute atomic E-state index is 0.269. The van der Waals surface area contributed by atoms with Gasteiger partial charge in [-0.15, -0.1) is 0 Å². The molecule has 0 aliphatic carbocycles. The number of amides is 1. The summed E-state index contributed by atoms with van der Waals surface area (Å²) in [4.78, 5) is 28.7. The molecule has 3 rings (SSSR count). The molecule has 0 unspecified atom stereocenters. The number of halogens is 1. The fourth-order valence-electron chi connectivity index (χ4n) is 2.44. The quantitative estimate of drug-likeness (QED) is 0.550. The molecule has 0 spiro atoms. The van der Waals surface area contributed by atoms with Crippen LogP contribution in [-0.2, 0) is 4.79 Å². The summed E-state index contributed by atoms with van der Waals surface area (Å²) in [6.45, 7) is 1.87. The number of anilines is 1. The molecule has 1 heterocycles. The maximum Gasteiger partial charge on any atom is 0.296 e. The Morgan fingerprint density at radius 3 is 2.50 bits per heavy atom. The summed E-state index contributed by atoms with van der Waals surface area (Å²) in [7, 11) is 1.56. The van der Waals surface area contributed by atoms with Crippen LogP contribution < -0.4 is 10.1 Å². The molecule has 3 aromatic rings. The normalized spacial score (nSPS) is 10.4. The number of benzene rings is 2. The number of nitrogens with one attached hydrogen (secondary N) is 1. The van der Waals surface area contributed by atoms with Gasteiger partial charge in [-0.3, -0.25) is 9.59 Å². The van der Waals surface area contributed by atoms with Crippen molar-refractivity contribution in [2.75, 3.05) is 12.4 Å². The highest BCUT2D eigenvalue weighted by molar-refractivity contribution is 6.46. The number of aryl methyl sites for hydroxylation is 1. The number of carbonyl (C=O) groups excluding carboxylic acids is 2. The Morgan fingerprint density at radius 1 is 1.15 bits per heavy atom. The molecular weight excluding hydrogens is 354 g/mol. The molecule has 0 bridgehead atoms. The number of ketones is 1. The van der Waals surface area contributed by atoms with E-state index in [0.29, 0.717) is 22.1 Å². The van der Waals surface area contributed by atoms with Crippen molar-refractivity contribution in [1.82, 2.24) is 9.55 Å². The summed E-state index contributed by atoms with van der Waals surface area (Å²) in [5.74, 6) is -0.757. The number of Topliss-reactive ketones (excluding diaryl/α,β-unsaturated/α-hetero) is 1. The fourth-order valence-corrected chi connectivity index (χ4v) is 2.57. The third kappa shape index (κ3) is 3.75. The third-order valence-corrected chi connectivity index (χ3v) is 3.99. The minimum atomic E-state index is -0.731. The number of rotatable bonds is 5. The molecule has 132 valence electrons. The van der Waals surface area contributed by atoms with Crippen LogP contribution in [0.15, 0.2) is 55.0 Å². The highest BCUT2D eigenvalue weighted by atomic mass is 35.5. The van der Waals surface area contributed by atoms with Gasteiger partial charge in [0.15, 0.2) is 0 Å². The molecule has 26 heavy (non-hydrogen) atoms. The molecule has 0 saturated heterocycles. The van der Waals surface area contributed by atoms with Gasteiger partial charge >= 0.3 is 0 Å². The van der Waals surface area contributed by atoms with Crippen LogP contribution in [0.25, 0.3) is 5.69 Å². The standard InChI is InChI=1S/C19H16ClN3O3/c1-12-10-23(11-21-12)16-9-15(7-8-17(16)26-2)22-19(25)18(24)13-3-5-14(20)6-4-13/h3-11H,1-2H3,(H,22,25). The lowest BCUT2D eigenvalue weighted by Crippen LogP contribution is -2.22. The van der Waals surface area contributed by atoms with Crippen molar-refractivity contribution in [2.45, 2.75) is 6.92 Å². The number of hydrogen-bond acceptors (Lipinski definition) is 4. The SMILES string of the molecule is COc1ccc(NC(=O)C(=O)c2ccc(Cl)cc2)cc1-n1cnc(C)c1. The van der Waals surface area contributed by atoms with E-state index in [2.05, 4.69) is 10.3 Å². The van der Waals surface area contributed by atoms with Gasteiger partial charge in [0.25, 0.3) is 11.7 Å². The van der Waals surface area contributed by atoms with Crippen LogP contribution in [0.4, 0.5) is 5.69 Å². The zero-order valence-electron chi connectivity index (χ0n) is 14.2. The van der Waals surface area contributed by atoms with Crippen molar-refractivity contribution in [3.8, 4) is 11.4 Å². The van der Waals surface area contributed by atoms with E-state index in [1.165, 1.54) is 12.1 Å². The Morgan fingerprint density at radius 2 is 1.88 bits per heavy atom. The van der Waals surface area contributed by atoms with Gasteiger partial charge < -0.3 is 14.6 Å². The molecule has 0 saturated carbocycles. The number of ether oxygens (including phenoxy) is 1. The summed E-state index contributed by atoms with van der Waals surface area (Å²) < 4.78 is 7.14. The Balaban J connectivity index is 1.84. The first kappa shape index (κ1) is 17.7. The molecule has 0 aliphatic rings. The molecule has 1 N–H and O–H groups in total. The Kier molecular flexibility index (Phi) is 5.04. The summed E-state index contributed by atoms with van der Waals surface area (Å²) in [6.07, 6.45) is 3.49. The second-order valence-electron chi connectivity index (χ2n) is 5.60. The van der Waals surface area contributed by atoms with Gasteiger partial charge in [0.2, 0.25) is 0 Å². The molecule has 6 nitrogen and oxygen atoms in total. The van der Waals surface area contributed by atoms with Crippen LogP contribution in [0.5, 0.6) is 5.75 Å². The van der Waals surface area contributed by atoms with E-state index in [-0.39, 0.29) is 5.56 Å². The maximum atomic E-state index is 12.3. The highest BCUT2D eigenvalue weighted by Crippen LogP contribution is 2.26. The number of imidazole rings is 1. The van der Waals surface area contributed by atoms with E-state index in [4.69, 9.17) is 16.3 Å². The minimum Gasteiger partial charge on any atom is -0.495 e. The zero-order valence-corrected chi connectivity index (χ0v) is 14.9. The molecule has 0 atom stereocenters. The highest BCUT2D eigenvalue weighted by Gasteiger charge is 2.17. The second-order valence-corrected chi connectivity index (χ2v) is 6.04. The summed E-state index contributed by atoms with van der Waals surface area (Å²) >= 11 is 5.80. The zero-order chi connectivity index (χ0) is 18.7. The Labute approximate surface area is 155 Å².